The fourth-order valence-electron chi connectivity index (χ4n) is 1.59. The fraction of sp³-hybridized carbons (Fsp3) is 0.308. The molecule has 0 radical (unpaired) electrons. The summed E-state index contributed by atoms with van der Waals surface area (Å²) < 4.78 is 2.08. The molecule has 0 spiro atoms. The molecule has 0 saturated carbocycles. The highest BCUT2D eigenvalue weighted by atomic mass is 127. The van der Waals surface area contributed by atoms with Crippen LogP contribution in [0.1, 0.15) is 5.69 Å². The summed E-state index contributed by atoms with van der Waals surface area (Å²) in [7, 11) is 6.03. The topological polar surface area (TPSA) is 31.8 Å². The molecular formula is C13H17IN4S. The first-order valence-electron chi connectivity index (χ1n) is 5.73. The summed E-state index contributed by atoms with van der Waals surface area (Å²) in [6.45, 7) is 2.06. The maximum atomic E-state index is 4.33. The molecule has 1 heterocycles. The van der Waals surface area contributed by atoms with Crippen molar-refractivity contribution in [1.82, 2.24) is 0 Å². The number of anilines is 1. The molecule has 1 aromatic heterocycles. The molecule has 0 aliphatic rings. The molecule has 2 rings (SSSR count). The lowest BCUT2D eigenvalue weighted by atomic mass is 10.2. The highest BCUT2D eigenvalue weighted by Crippen LogP contribution is 2.29. The summed E-state index contributed by atoms with van der Waals surface area (Å²) in [6.07, 6.45) is 0. The van der Waals surface area contributed by atoms with Crippen molar-refractivity contribution in [2.24, 2.45) is 17.3 Å². The van der Waals surface area contributed by atoms with Crippen LogP contribution in [-0.4, -0.2) is 14.1 Å². The van der Waals surface area contributed by atoms with E-state index in [-0.39, 0.29) is 24.0 Å². The molecule has 0 fully saturated rings. The molecule has 0 aliphatic heterocycles. The molecule has 1 aromatic carbocycles. The Morgan fingerprint density at radius 1 is 1.16 bits per heavy atom. The summed E-state index contributed by atoms with van der Waals surface area (Å²) in [5.74, 6) is 0. The molecular weight excluding hydrogens is 371 g/mol. The molecule has 2 aromatic rings. The number of aromatic nitrogens is 1. The molecule has 19 heavy (non-hydrogen) atoms. The van der Waals surface area contributed by atoms with Crippen molar-refractivity contribution in [2.45, 2.75) is 6.92 Å². The zero-order valence-electron chi connectivity index (χ0n) is 11.5. The molecule has 0 unspecified atom stereocenters. The second-order valence-electron chi connectivity index (χ2n) is 4.30. The summed E-state index contributed by atoms with van der Waals surface area (Å²) in [6, 6.07) is 10.0. The van der Waals surface area contributed by atoms with Crippen LogP contribution in [0.5, 0.6) is 0 Å². The molecule has 0 atom stereocenters. The average molecular weight is 388 g/mol. The van der Waals surface area contributed by atoms with E-state index in [1.165, 1.54) is 5.69 Å². The molecule has 0 saturated heterocycles. The second-order valence-corrected chi connectivity index (χ2v) is 5.44. The number of aryl methyl sites for hydroxylation is 2. The summed E-state index contributed by atoms with van der Waals surface area (Å²) in [5, 5.41) is 9.55. The van der Waals surface area contributed by atoms with Gasteiger partial charge in [-0.15, -0.1) is 14.2 Å². The minimum atomic E-state index is 0. The number of nitrogens with zero attached hydrogens (tertiary/aromatic N) is 4. The number of hydrogen-bond donors (Lipinski definition) is 0. The molecule has 0 amide bonds. The van der Waals surface area contributed by atoms with Crippen molar-refractivity contribution >= 4 is 27.9 Å². The van der Waals surface area contributed by atoms with Gasteiger partial charge in [-0.25, -0.2) is 0 Å². The first-order chi connectivity index (χ1) is 8.58. The zero-order chi connectivity index (χ0) is 13.1. The van der Waals surface area contributed by atoms with Gasteiger partial charge in [0.25, 0.3) is 0 Å². The standard InChI is InChI=1S/C13H17N4S.HI/c1-10-9-13(18-17(10)4)15-14-11-7-5-6-8-12(11)16(2)3;/h5-9H,1-4H3;1H/q+1;/p-1. The maximum absolute atomic E-state index is 4.33. The van der Waals surface area contributed by atoms with Crippen LogP contribution in [0.25, 0.3) is 0 Å². The van der Waals surface area contributed by atoms with E-state index < -0.39 is 0 Å². The smallest absolute Gasteiger partial charge is 0.208 e. The first-order valence-corrected chi connectivity index (χ1v) is 6.50. The number of para-hydroxylation sites is 1. The van der Waals surface area contributed by atoms with E-state index in [2.05, 4.69) is 21.1 Å². The largest absolute Gasteiger partial charge is 1.00 e. The maximum Gasteiger partial charge on any atom is 0.208 e. The van der Waals surface area contributed by atoms with Crippen LogP contribution < -0.4 is 32.8 Å². The van der Waals surface area contributed by atoms with Crippen LogP contribution in [0.2, 0.25) is 0 Å². The lowest BCUT2D eigenvalue weighted by Gasteiger charge is -2.13. The number of hydrogen-bond acceptors (Lipinski definition) is 4. The minimum absolute atomic E-state index is 0. The summed E-state index contributed by atoms with van der Waals surface area (Å²) in [4.78, 5) is 2.04. The van der Waals surface area contributed by atoms with Crippen molar-refractivity contribution in [3.05, 3.63) is 36.0 Å². The van der Waals surface area contributed by atoms with Crippen LogP contribution in [0.4, 0.5) is 16.4 Å². The lowest BCUT2D eigenvalue weighted by molar-refractivity contribution is -0.607. The molecule has 0 bridgehead atoms. The molecule has 0 aliphatic carbocycles. The Bertz CT molecular complexity index is 558. The normalized spacial score (nSPS) is 10.5. The van der Waals surface area contributed by atoms with Gasteiger partial charge < -0.3 is 28.9 Å². The lowest BCUT2D eigenvalue weighted by Crippen LogP contribution is -3.00. The Balaban J connectivity index is 0.00000180. The highest BCUT2D eigenvalue weighted by molar-refractivity contribution is 7.05. The third kappa shape index (κ3) is 3.97. The van der Waals surface area contributed by atoms with E-state index in [4.69, 9.17) is 0 Å². The van der Waals surface area contributed by atoms with Crippen LogP contribution in [0, 0.1) is 6.92 Å². The van der Waals surface area contributed by atoms with Gasteiger partial charge in [0, 0.05) is 27.1 Å². The van der Waals surface area contributed by atoms with E-state index in [9.17, 15) is 0 Å². The predicted octanol–water partition coefficient (Wildman–Crippen LogP) is 0.366. The van der Waals surface area contributed by atoms with Gasteiger partial charge >= 0.3 is 0 Å². The summed E-state index contributed by atoms with van der Waals surface area (Å²) in [5.41, 5.74) is 3.14. The van der Waals surface area contributed by atoms with E-state index >= 15 is 0 Å². The van der Waals surface area contributed by atoms with E-state index in [0.717, 1.165) is 16.4 Å². The first kappa shape index (κ1) is 16.0. The van der Waals surface area contributed by atoms with Gasteiger partial charge in [-0.1, -0.05) is 12.1 Å². The van der Waals surface area contributed by atoms with Gasteiger partial charge in [0.2, 0.25) is 5.00 Å². The van der Waals surface area contributed by atoms with Crippen molar-refractivity contribution in [1.29, 1.82) is 0 Å². The Morgan fingerprint density at radius 3 is 2.42 bits per heavy atom. The molecule has 4 nitrogen and oxygen atoms in total. The number of halogens is 1. The number of rotatable bonds is 3. The van der Waals surface area contributed by atoms with Crippen molar-refractivity contribution in [2.75, 3.05) is 19.0 Å². The predicted molar refractivity (Wildman–Crippen MR) is 75.2 cm³/mol. The quantitative estimate of drug-likeness (QED) is 0.425. The van der Waals surface area contributed by atoms with Crippen LogP contribution in [0.3, 0.4) is 0 Å². The Morgan fingerprint density at radius 2 is 1.84 bits per heavy atom. The summed E-state index contributed by atoms with van der Waals surface area (Å²) >= 11 is 1.59. The van der Waals surface area contributed by atoms with Crippen LogP contribution in [-0.2, 0) is 7.05 Å². The Labute approximate surface area is 135 Å². The van der Waals surface area contributed by atoms with Crippen molar-refractivity contribution in [3.8, 4) is 0 Å². The van der Waals surface area contributed by atoms with E-state index in [1.54, 1.807) is 11.5 Å². The third-order valence-corrected chi connectivity index (χ3v) is 3.63. The molecule has 0 N–H and O–H groups in total. The zero-order valence-corrected chi connectivity index (χ0v) is 14.4. The SMILES string of the molecule is Cc1cc(N=Nc2ccccc2N(C)C)s[n+]1C.[I-]. The molecule has 102 valence electrons. The van der Waals surface area contributed by atoms with Gasteiger partial charge in [0.1, 0.15) is 5.69 Å². The second kappa shape index (κ2) is 6.95. The molecule has 6 heteroatoms. The minimum Gasteiger partial charge on any atom is -1.00 e. The Hall–Kier alpha value is -1.02. The van der Waals surface area contributed by atoms with Gasteiger partial charge in [-0.05, 0) is 12.1 Å². The fourth-order valence-corrected chi connectivity index (χ4v) is 2.36. The van der Waals surface area contributed by atoms with Gasteiger partial charge in [-0.3, -0.25) is 0 Å². The van der Waals surface area contributed by atoms with Crippen molar-refractivity contribution < 1.29 is 27.9 Å². The van der Waals surface area contributed by atoms with Crippen LogP contribution in [0.15, 0.2) is 40.6 Å². The number of azo groups is 1. The third-order valence-electron chi connectivity index (χ3n) is 2.68. The van der Waals surface area contributed by atoms with Crippen LogP contribution >= 0.6 is 11.5 Å². The number of benzene rings is 1. The monoisotopic (exact) mass is 388 g/mol. The van der Waals surface area contributed by atoms with E-state index in [1.807, 2.05) is 56.4 Å². The highest BCUT2D eigenvalue weighted by Gasteiger charge is 2.09. The van der Waals surface area contributed by atoms with E-state index in [0.29, 0.717) is 0 Å². The Kier molecular flexibility index (Phi) is 5.86. The van der Waals surface area contributed by atoms with Gasteiger partial charge in [0.15, 0.2) is 24.3 Å². The van der Waals surface area contributed by atoms with Gasteiger partial charge in [0.05, 0.1) is 5.69 Å². The average Bonchev–Trinajstić information content (AvgIpc) is 2.66. The van der Waals surface area contributed by atoms with Crippen molar-refractivity contribution in [3.63, 3.8) is 0 Å². The van der Waals surface area contributed by atoms with Gasteiger partial charge in [-0.2, -0.15) is 0 Å².